The number of allylic oxidation sites excluding steroid dienone is 1. The molecule has 0 aliphatic carbocycles. The van der Waals surface area contributed by atoms with Crippen molar-refractivity contribution < 1.29 is 38.6 Å². The van der Waals surface area contributed by atoms with Gasteiger partial charge >= 0.3 is 12.1 Å². The molecule has 1 heterocycles. The zero-order chi connectivity index (χ0) is 33.2. The fourth-order valence-electron chi connectivity index (χ4n) is 4.57. The van der Waals surface area contributed by atoms with Gasteiger partial charge in [-0.1, -0.05) is 50.3 Å². The Labute approximate surface area is 275 Å². The number of esters is 1. The number of carbonyl (C=O) groups is 5. The van der Waals surface area contributed by atoms with Crippen LogP contribution in [0.25, 0.3) is 0 Å². The second-order valence-corrected chi connectivity index (χ2v) is 11.9. The number of amides is 4. The molecule has 1 aromatic carbocycles. The summed E-state index contributed by atoms with van der Waals surface area (Å²) < 4.78 is 10.7. The number of alkyl carbamates (subject to hydrolysis) is 1. The molecule has 2 rings (SSSR count). The summed E-state index contributed by atoms with van der Waals surface area (Å²) in [5.41, 5.74) is 0.858. The van der Waals surface area contributed by atoms with Crippen LogP contribution in [0.3, 0.4) is 0 Å². The van der Waals surface area contributed by atoms with E-state index in [9.17, 15) is 29.1 Å². The van der Waals surface area contributed by atoms with Crippen LogP contribution in [0.5, 0.6) is 0 Å². The van der Waals surface area contributed by atoms with Crippen molar-refractivity contribution in [3.8, 4) is 0 Å². The summed E-state index contributed by atoms with van der Waals surface area (Å²) in [5.74, 6) is -2.22. The third-order valence-electron chi connectivity index (χ3n) is 7.00. The number of aliphatic hydroxyl groups excluding tert-OH is 1. The third kappa shape index (κ3) is 14.6. The molecule has 0 aromatic heterocycles. The molecule has 1 aliphatic heterocycles. The molecule has 4 amide bonds. The number of hydrogen-bond donors (Lipinski definition) is 7. The van der Waals surface area contributed by atoms with Crippen LogP contribution in [0, 0.1) is 5.92 Å². The van der Waals surface area contributed by atoms with E-state index in [2.05, 4.69) is 46.5 Å². The average Bonchev–Trinajstić information content (AvgIpc) is 3.00. The smallest absolute Gasteiger partial charge is 0.407 e. The van der Waals surface area contributed by atoms with Crippen LogP contribution in [0.15, 0.2) is 42.5 Å². The first kappa shape index (κ1) is 38.0. The minimum atomic E-state index is -1.27. The highest BCUT2D eigenvalue weighted by Gasteiger charge is 2.32. The van der Waals surface area contributed by atoms with E-state index in [0.29, 0.717) is 25.0 Å². The van der Waals surface area contributed by atoms with Crippen molar-refractivity contribution in [2.75, 3.05) is 18.1 Å². The maximum atomic E-state index is 13.3. The van der Waals surface area contributed by atoms with Gasteiger partial charge in [0.2, 0.25) is 17.7 Å². The zero-order valence-corrected chi connectivity index (χ0v) is 27.6. The Kier molecular flexibility index (Phi) is 17.5. The van der Waals surface area contributed by atoms with Gasteiger partial charge in [-0.2, -0.15) is 25.3 Å². The number of unbranched alkanes of at least 4 members (excludes halogenated alkanes) is 1. The largest absolute Gasteiger partial charge is 0.457 e. The SMILES string of the molecule is CC(C)[C@H]1NC(=O)[C@@H](CS)NC(=O)[C@@H](CCCCNC(=O)OCc2ccccc2)NC(=O)C[C@@H](/C=C/CCS)OC(=O)C[C@@H]1O. The van der Waals surface area contributed by atoms with Gasteiger partial charge < -0.3 is 35.8 Å². The van der Waals surface area contributed by atoms with Gasteiger partial charge in [0.25, 0.3) is 0 Å². The number of aliphatic hydroxyl groups is 1. The van der Waals surface area contributed by atoms with Gasteiger partial charge in [-0.3, -0.25) is 19.2 Å². The summed E-state index contributed by atoms with van der Waals surface area (Å²) in [6, 6.07) is 6.36. The van der Waals surface area contributed by atoms with Gasteiger partial charge in [0, 0.05) is 12.3 Å². The monoisotopic (exact) mass is 666 g/mol. The van der Waals surface area contributed by atoms with E-state index in [0.717, 1.165) is 5.56 Å². The number of benzene rings is 1. The van der Waals surface area contributed by atoms with Gasteiger partial charge in [0.15, 0.2) is 0 Å². The molecule has 1 aromatic rings. The van der Waals surface area contributed by atoms with E-state index >= 15 is 0 Å². The molecular formula is C31H46N4O8S2. The third-order valence-corrected chi connectivity index (χ3v) is 7.63. The molecule has 1 aliphatic rings. The highest BCUT2D eigenvalue weighted by atomic mass is 32.1. The first-order valence-electron chi connectivity index (χ1n) is 15.1. The lowest BCUT2D eigenvalue weighted by Gasteiger charge is -2.29. The van der Waals surface area contributed by atoms with Crippen LogP contribution in [-0.4, -0.2) is 83.3 Å². The molecule has 0 spiro atoms. The van der Waals surface area contributed by atoms with Gasteiger partial charge in [0.1, 0.15) is 24.8 Å². The van der Waals surface area contributed by atoms with Crippen molar-refractivity contribution in [2.24, 2.45) is 5.92 Å². The van der Waals surface area contributed by atoms with Crippen molar-refractivity contribution in [1.29, 1.82) is 0 Å². The quantitative estimate of drug-likeness (QED) is 0.0769. The Balaban J connectivity index is 2.11. The second kappa shape index (κ2) is 20.7. The Morgan fingerprint density at radius 1 is 1.04 bits per heavy atom. The topological polar surface area (TPSA) is 172 Å². The lowest BCUT2D eigenvalue weighted by molar-refractivity contribution is -0.151. The number of carbonyl (C=O) groups excluding carboxylic acids is 5. The lowest BCUT2D eigenvalue weighted by atomic mass is 9.96. The summed E-state index contributed by atoms with van der Waals surface area (Å²) in [6.07, 6.45) is 1.57. The van der Waals surface area contributed by atoms with Gasteiger partial charge in [-0.15, -0.1) is 0 Å². The van der Waals surface area contributed by atoms with Gasteiger partial charge in [0.05, 0.1) is 25.0 Å². The molecule has 1 fully saturated rings. The second-order valence-electron chi connectivity index (χ2n) is 11.1. The zero-order valence-electron chi connectivity index (χ0n) is 25.8. The highest BCUT2D eigenvalue weighted by Crippen LogP contribution is 2.14. The van der Waals surface area contributed by atoms with Crippen molar-refractivity contribution in [3.63, 3.8) is 0 Å². The Morgan fingerprint density at radius 2 is 1.76 bits per heavy atom. The maximum absolute atomic E-state index is 13.3. The number of nitrogens with one attached hydrogen (secondary N) is 4. The number of ether oxygens (including phenoxy) is 2. The van der Waals surface area contributed by atoms with Crippen LogP contribution in [0.1, 0.15) is 57.9 Å². The first-order valence-corrected chi connectivity index (χ1v) is 16.4. The van der Waals surface area contributed by atoms with E-state index in [-0.39, 0.29) is 37.7 Å². The molecule has 0 radical (unpaired) electrons. The van der Waals surface area contributed by atoms with Crippen LogP contribution in [-0.2, 0) is 35.3 Å². The molecule has 0 bridgehead atoms. The normalized spacial score (nSPS) is 23.7. The summed E-state index contributed by atoms with van der Waals surface area (Å²) in [5, 5.41) is 21.5. The van der Waals surface area contributed by atoms with Crippen LogP contribution in [0.4, 0.5) is 4.79 Å². The molecule has 12 nitrogen and oxygen atoms in total. The first-order chi connectivity index (χ1) is 21.5. The number of cyclic esters (lactones) is 1. The van der Waals surface area contributed by atoms with E-state index in [1.165, 1.54) is 0 Å². The van der Waals surface area contributed by atoms with Crippen molar-refractivity contribution >= 4 is 55.0 Å². The molecular weight excluding hydrogens is 620 g/mol. The minimum absolute atomic E-state index is 0.0474. The number of thiol groups is 2. The highest BCUT2D eigenvalue weighted by molar-refractivity contribution is 7.80. The molecule has 45 heavy (non-hydrogen) atoms. The maximum Gasteiger partial charge on any atom is 0.407 e. The molecule has 0 unspecified atom stereocenters. The minimum Gasteiger partial charge on any atom is -0.457 e. The van der Waals surface area contributed by atoms with Crippen LogP contribution in [0.2, 0.25) is 0 Å². The van der Waals surface area contributed by atoms with Crippen molar-refractivity contribution in [2.45, 2.75) is 89.3 Å². The fourth-order valence-corrected chi connectivity index (χ4v) is 4.97. The van der Waals surface area contributed by atoms with Crippen molar-refractivity contribution in [3.05, 3.63) is 48.0 Å². The molecule has 250 valence electrons. The van der Waals surface area contributed by atoms with E-state index < -0.39 is 66.5 Å². The number of rotatable bonds is 12. The predicted octanol–water partition coefficient (Wildman–Crippen LogP) is 2.07. The Bertz CT molecular complexity index is 1140. The standard InChI is InChI=1S/C31H46N4O8S2/c1-20(2)28-25(36)17-27(38)43-22(12-7-9-15-44)16-26(37)33-23(29(39)34-24(19-45)30(40)35-28)13-6-8-14-32-31(41)42-18-21-10-4-3-5-11-21/h3-5,7,10-12,20,22-25,28,36,44-45H,6,8-9,13-19H2,1-2H3,(H,32,41)(H,33,37)(H,34,39)(H,35,40)/b12-7+/t22-,23-,24-,25+,28-/m1/s1. The average molecular weight is 667 g/mol. The van der Waals surface area contributed by atoms with Crippen LogP contribution < -0.4 is 21.3 Å². The van der Waals surface area contributed by atoms with E-state index in [1.54, 1.807) is 26.0 Å². The summed E-state index contributed by atoms with van der Waals surface area (Å²) in [6.45, 7) is 3.98. The van der Waals surface area contributed by atoms with E-state index in [1.807, 2.05) is 30.3 Å². The van der Waals surface area contributed by atoms with E-state index in [4.69, 9.17) is 9.47 Å². The summed E-state index contributed by atoms with van der Waals surface area (Å²) in [7, 11) is 0. The van der Waals surface area contributed by atoms with Gasteiger partial charge in [-0.25, -0.2) is 4.79 Å². The molecule has 5 N–H and O–H groups in total. The predicted molar refractivity (Wildman–Crippen MR) is 176 cm³/mol. The van der Waals surface area contributed by atoms with Crippen LogP contribution >= 0.6 is 25.3 Å². The fraction of sp³-hybridized carbons (Fsp3) is 0.581. The Morgan fingerprint density at radius 3 is 2.42 bits per heavy atom. The number of hydrogen-bond acceptors (Lipinski definition) is 10. The summed E-state index contributed by atoms with van der Waals surface area (Å²) >= 11 is 8.39. The molecule has 5 atom stereocenters. The van der Waals surface area contributed by atoms with Crippen molar-refractivity contribution in [1.82, 2.24) is 21.3 Å². The Hall–Kier alpha value is -3.23. The molecule has 1 saturated heterocycles. The summed E-state index contributed by atoms with van der Waals surface area (Å²) in [4.78, 5) is 64.3. The molecule has 0 saturated carbocycles. The van der Waals surface area contributed by atoms with Gasteiger partial charge in [-0.05, 0) is 49.0 Å². The molecule has 14 heteroatoms. The lowest BCUT2D eigenvalue weighted by Crippen LogP contribution is -2.57.